The van der Waals surface area contributed by atoms with Gasteiger partial charge < -0.3 is 14.0 Å². The predicted molar refractivity (Wildman–Crippen MR) is 257 cm³/mol. The molecule has 0 radical (unpaired) electrons. The van der Waals surface area contributed by atoms with Crippen molar-refractivity contribution < 1.29 is 0 Å². The largest absolute Gasteiger partial charge is 0.314 e. The van der Waals surface area contributed by atoms with Gasteiger partial charge in [0.2, 0.25) is 0 Å². The van der Waals surface area contributed by atoms with E-state index < -0.39 is 0 Å². The lowest BCUT2D eigenvalue weighted by Gasteiger charge is -2.26. The fourth-order valence-electron chi connectivity index (χ4n) is 8.81. The summed E-state index contributed by atoms with van der Waals surface area (Å²) in [5, 5.41) is 2.42. The first kappa shape index (κ1) is 38.4. The molecule has 4 nitrogen and oxygen atoms in total. The highest BCUT2D eigenvalue weighted by molar-refractivity contribution is 6.08. The van der Waals surface area contributed by atoms with Gasteiger partial charge in [0.15, 0.2) is 0 Å². The van der Waals surface area contributed by atoms with E-state index in [1.54, 1.807) is 0 Å². The maximum absolute atomic E-state index is 5.35. The summed E-state index contributed by atoms with van der Waals surface area (Å²) in [5.74, 6) is 0. The lowest BCUT2D eigenvalue weighted by Crippen LogP contribution is -2.15. The Morgan fingerprint density at radius 2 is 1.20 bits per heavy atom. The number of pyridine rings is 1. The highest BCUT2D eigenvalue weighted by atomic mass is 15.1. The lowest BCUT2D eigenvalue weighted by atomic mass is 10.0. The van der Waals surface area contributed by atoms with Crippen LogP contribution < -0.4 is 4.90 Å². The molecule has 0 N–H and O–H groups in total. The van der Waals surface area contributed by atoms with Crippen LogP contribution in [0.5, 0.6) is 0 Å². The molecule has 0 unspecified atom stereocenters. The van der Waals surface area contributed by atoms with Gasteiger partial charge >= 0.3 is 0 Å². The van der Waals surface area contributed by atoms with E-state index in [4.69, 9.17) is 4.98 Å². The Hall–Kier alpha value is -7.17. The van der Waals surface area contributed by atoms with Crippen LogP contribution in [0.1, 0.15) is 51.8 Å². The Kier molecular flexibility index (Phi) is 10.8. The summed E-state index contributed by atoms with van der Waals surface area (Å²) in [6.07, 6.45) is 14.2. The Balaban J connectivity index is 0.00000112. The number of aromatic nitrogens is 3. The Morgan fingerprint density at radius 1 is 0.517 bits per heavy atom. The second-order valence-corrected chi connectivity index (χ2v) is 14.7. The molecule has 0 spiro atoms. The molecular weight excluding hydrogens is 729 g/mol. The van der Waals surface area contributed by atoms with Crippen LogP contribution in [0, 0.1) is 0 Å². The molecule has 0 saturated carbocycles. The van der Waals surface area contributed by atoms with Crippen molar-refractivity contribution in [1.29, 1.82) is 0 Å². The molecule has 3 aromatic heterocycles. The maximum Gasteiger partial charge on any atom is 0.0970 e. The Bertz CT molecular complexity index is 3030. The van der Waals surface area contributed by atoms with Crippen molar-refractivity contribution in [3.05, 3.63) is 205 Å². The molecule has 0 amide bonds. The van der Waals surface area contributed by atoms with Gasteiger partial charge in [-0.2, -0.15) is 0 Å². The zero-order valence-corrected chi connectivity index (χ0v) is 34.9. The van der Waals surface area contributed by atoms with Crippen molar-refractivity contribution in [2.24, 2.45) is 0 Å². The van der Waals surface area contributed by atoms with E-state index in [-0.39, 0.29) is 0 Å². The van der Waals surface area contributed by atoms with E-state index in [9.17, 15) is 0 Å². The fraction of sp³-hybridized carbons (Fsp3) is 0.125. The van der Waals surface area contributed by atoms with Crippen molar-refractivity contribution >= 4 is 50.3 Å². The van der Waals surface area contributed by atoms with Crippen molar-refractivity contribution in [2.75, 3.05) is 4.90 Å². The number of rotatable bonds is 7. The quantitative estimate of drug-likeness (QED) is 0.161. The monoisotopic (exact) mass is 778 g/mol. The van der Waals surface area contributed by atoms with Crippen molar-refractivity contribution in [3.63, 3.8) is 0 Å². The van der Waals surface area contributed by atoms with E-state index in [1.807, 2.05) is 27.7 Å². The SMILES string of the molecule is C1=CCC(N(c2ccccc2)c2ccc(-c3cccc(-n4c5c(c6cc(-c7ccc8c(n7)c7ccccc7n8-c7ccccc7)ccc64)C=CCC5)c3)cc2)=C1.CC.CC. The van der Waals surface area contributed by atoms with Gasteiger partial charge in [-0.05, 0) is 109 Å². The molecule has 0 aliphatic heterocycles. The van der Waals surface area contributed by atoms with E-state index in [1.165, 1.54) is 50.4 Å². The minimum atomic E-state index is 0.927. The molecule has 6 aromatic carbocycles. The standard InChI is InChI=1S/C52H38N4.2C2H6/c1-3-15-39(16-4-1)54(40-19-7-8-20-40)42-29-26-36(27-30-42)37-14-13-21-43(34-37)56-48-24-11-9-22-44(48)46-35-38(28-32-50(46)56)47-31-33-51-52(53-47)45-23-10-12-25-49(45)55(51)41-17-5-2-6-18-41;2*1-2/h1-10,12-19,21-23,25-35H,11,20,24H2;2*1-2H3. The minimum Gasteiger partial charge on any atom is -0.314 e. The average molecular weight is 779 g/mol. The van der Waals surface area contributed by atoms with E-state index in [0.29, 0.717) is 0 Å². The molecule has 0 bridgehead atoms. The third-order valence-corrected chi connectivity index (χ3v) is 11.4. The molecule has 11 rings (SSSR count). The van der Waals surface area contributed by atoms with Crippen LogP contribution >= 0.6 is 0 Å². The molecule has 2 aliphatic rings. The predicted octanol–water partition coefficient (Wildman–Crippen LogP) is 15.5. The molecule has 3 heterocycles. The summed E-state index contributed by atoms with van der Waals surface area (Å²) in [4.78, 5) is 7.71. The smallest absolute Gasteiger partial charge is 0.0970 e. The molecule has 0 fully saturated rings. The van der Waals surface area contributed by atoms with Crippen LogP contribution in [0.25, 0.3) is 72.7 Å². The molecule has 9 aromatic rings. The first-order valence-electron chi connectivity index (χ1n) is 21.5. The summed E-state index contributed by atoms with van der Waals surface area (Å²) in [6.45, 7) is 8.00. The Labute approximate surface area is 353 Å². The third-order valence-electron chi connectivity index (χ3n) is 11.4. The number of hydrogen-bond donors (Lipinski definition) is 0. The second-order valence-electron chi connectivity index (χ2n) is 14.7. The summed E-state index contributed by atoms with van der Waals surface area (Å²) >= 11 is 0. The molecule has 0 saturated heterocycles. The first-order valence-corrected chi connectivity index (χ1v) is 21.5. The average Bonchev–Trinajstić information content (AvgIpc) is 4.07. The highest BCUT2D eigenvalue weighted by Crippen LogP contribution is 2.39. The lowest BCUT2D eigenvalue weighted by molar-refractivity contribution is 0.889. The van der Waals surface area contributed by atoms with Crippen LogP contribution in [0.3, 0.4) is 0 Å². The zero-order chi connectivity index (χ0) is 41.0. The van der Waals surface area contributed by atoms with Crippen LogP contribution in [0.15, 0.2) is 194 Å². The number of benzene rings is 6. The summed E-state index contributed by atoms with van der Waals surface area (Å²) < 4.78 is 4.80. The van der Waals surface area contributed by atoms with Gasteiger partial charge in [0.05, 0.1) is 27.8 Å². The number of allylic oxidation sites excluding steroid dienone is 4. The summed E-state index contributed by atoms with van der Waals surface area (Å²) in [5.41, 5.74) is 17.6. The van der Waals surface area contributed by atoms with Gasteiger partial charge in [0.25, 0.3) is 0 Å². The van der Waals surface area contributed by atoms with Crippen LogP contribution in [0.2, 0.25) is 0 Å². The topological polar surface area (TPSA) is 26.0 Å². The van der Waals surface area contributed by atoms with Gasteiger partial charge in [0, 0.05) is 62.5 Å². The van der Waals surface area contributed by atoms with Crippen LogP contribution in [0.4, 0.5) is 11.4 Å². The van der Waals surface area contributed by atoms with Crippen molar-refractivity contribution in [3.8, 4) is 33.8 Å². The van der Waals surface area contributed by atoms with E-state index in [2.05, 4.69) is 208 Å². The third kappa shape index (κ3) is 6.84. The van der Waals surface area contributed by atoms with Gasteiger partial charge in [-0.3, -0.25) is 0 Å². The highest BCUT2D eigenvalue weighted by Gasteiger charge is 2.21. The normalized spacial score (nSPS) is 12.8. The molecular formula is C56H50N4. The van der Waals surface area contributed by atoms with Gasteiger partial charge in [-0.25, -0.2) is 4.98 Å². The number of para-hydroxylation sites is 3. The maximum atomic E-state index is 5.35. The number of anilines is 2. The van der Waals surface area contributed by atoms with Gasteiger partial charge in [-0.15, -0.1) is 0 Å². The fourth-order valence-corrected chi connectivity index (χ4v) is 8.81. The number of hydrogen-bond acceptors (Lipinski definition) is 2. The van der Waals surface area contributed by atoms with Crippen LogP contribution in [-0.2, 0) is 6.42 Å². The van der Waals surface area contributed by atoms with Gasteiger partial charge in [-0.1, -0.05) is 137 Å². The summed E-state index contributed by atoms with van der Waals surface area (Å²) in [7, 11) is 0. The van der Waals surface area contributed by atoms with E-state index >= 15 is 0 Å². The Morgan fingerprint density at radius 3 is 1.98 bits per heavy atom. The molecule has 294 valence electrons. The molecule has 2 aliphatic carbocycles. The zero-order valence-electron chi connectivity index (χ0n) is 34.9. The van der Waals surface area contributed by atoms with Gasteiger partial charge in [0.1, 0.15) is 0 Å². The number of fused-ring (bicyclic) bond motifs is 6. The van der Waals surface area contributed by atoms with Crippen molar-refractivity contribution in [2.45, 2.75) is 47.0 Å². The molecule has 0 atom stereocenters. The van der Waals surface area contributed by atoms with Crippen LogP contribution in [-0.4, -0.2) is 14.1 Å². The van der Waals surface area contributed by atoms with Crippen molar-refractivity contribution in [1.82, 2.24) is 14.1 Å². The molecule has 4 heteroatoms. The molecule has 60 heavy (non-hydrogen) atoms. The first-order chi connectivity index (χ1) is 29.8. The minimum absolute atomic E-state index is 0.927. The second kappa shape index (κ2) is 17.0. The summed E-state index contributed by atoms with van der Waals surface area (Å²) in [6, 6.07) is 59.1. The van der Waals surface area contributed by atoms with E-state index in [0.717, 1.165) is 63.8 Å². The number of nitrogens with zero attached hydrogens (tertiary/aromatic N) is 4.